The minimum atomic E-state index is -0.441. The van der Waals surface area contributed by atoms with Crippen molar-refractivity contribution in [2.45, 2.75) is 18.4 Å². The van der Waals surface area contributed by atoms with Gasteiger partial charge in [-0.1, -0.05) is 84.4 Å². The van der Waals surface area contributed by atoms with Crippen LogP contribution in [0.4, 0.5) is 0 Å². The van der Waals surface area contributed by atoms with E-state index in [-0.39, 0.29) is 23.7 Å². The van der Waals surface area contributed by atoms with Gasteiger partial charge < -0.3 is 4.74 Å². The van der Waals surface area contributed by atoms with Crippen molar-refractivity contribution < 1.29 is 14.3 Å². The summed E-state index contributed by atoms with van der Waals surface area (Å²) in [4.78, 5) is 27.4. The molecule has 1 heterocycles. The third-order valence-corrected chi connectivity index (χ3v) is 8.18. The Bertz CT molecular complexity index is 1500. The highest BCUT2D eigenvalue weighted by Gasteiger charge is 2.61. The van der Waals surface area contributed by atoms with Crippen LogP contribution in [0.1, 0.15) is 45.2 Å². The number of amides is 2. The van der Waals surface area contributed by atoms with Gasteiger partial charge in [0.05, 0.1) is 18.1 Å². The third-order valence-electron chi connectivity index (χ3n) is 7.92. The number of nitrogens with zero attached hydrogens (tertiary/aromatic N) is 2. The molecule has 4 aromatic rings. The fourth-order valence-corrected chi connectivity index (χ4v) is 6.46. The monoisotopic (exact) mass is 518 g/mol. The van der Waals surface area contributed by atoms with Crippen molar-refractivity contribution in [1.82, 2.24) is 5.01 Å². The average Bonchev–Trinajstić information content (AvgIpc) is 3.21. The molecule has 3 aliphatic carbocycles. The van der Waals surface area contributed by atoms with E-state index in [0.29, 0.717) is 17.4 Å². The van der Waals surface area contributed by atoms with E-state index >= 15 is 0 Å². The van der Waals surface area contributed by atoms with Crippen LogP contribution >= 0.6 is 11.6 Å². The number of halogens is 1. The Morgan fingerprint density at radius 3 is 1.84 bits per heavy atom. The fourth-order valence-electron chi connectivity index (χ4n) is 6.33. The Morgan fingerprint density at radius 1 is 0.737 bits per heavy atom. The molecule has 2 atom stereocenters. The van der Waals surface area contributed by atoms with Crippen LogP contribution in [-0.2, 0) is 16.2 Å². The van der Waals surface area contributed by atoms with Gasteiger partial charge in [0.15, 0.2) is 0 Å². The van der Waals surface area contributed by atoms with E-state index in [9.17, 15) is 9.59 Å². The second-order valence-electron chi connectivity index (χ2n) is 9.99. The fraction of sp³-hybridized carbons (Fsp3) is 0.156. The van der Waals surface area contributed by atoms with Crippen molar-refractivity contribution >= 4 is 29.6 Å². The predicted molar refractivity (Wildman–Crippen MR) is 145 cm³/mol. The number of carbonyl (C=O) groups excluding carboxylic acids is 2. The molecule has 0 N–H and O–H groups in total. The first kappa shape index (κ1) is 22.9. The van der Waals surface area contributed by atoms with Gasteiger partial charge in [-0.2, -0.15) is 10.1 Å². The SMILES string of the molecule is O=C1[C@@H]2C3c4ccccc4C(c4ccccc43)[C@H]2C(=O)N1/N=C\c1cccc(OCc2ccc(Cl)cc2)c1. The predicted octanol–water partition coefficient (Wildman–Crippen LogP) is 6.15. The van der Waals surface area contributed by atoms with E-state index in [1.54, 1.807) is 6.21 Å². The van der Waals surface area contributed by atoms with Gasteiger partial charge in [-0.05, 0) is 57.6 Å². The topological polar surface area (TPSA) is 59.0 Å². The molecule has 4 aliphatic rings. The van der Waals surface area contributed by atoms with E-state index in [2.05, 4.69) is 29.4 Å². The van der Waals surface area contributed by atoms with E-state index in [1.165, 1.54) is 0 Å². The molecule has 2 amide bonds. The van der Waals surface area contributed by atoms with Gasteiger partial charge in [0.1, 0.15) is 12.4 Å². The largest absolute Gasteiger partial charge is 0.489 e. The maximum atomic E-state index is 13.7. The molecular formula is C32H23ClN2O3. The Balaban J connectivity index is 1.15. The van der Waals surface area contributed by atoms with Crippen molar-refractivity contribution in [1.29, 1.82) is 0 Å². The highest BCUT2D eigenvalue weighted by Crippen LogP contribution is 2.60. The van der Waals surface area contributed by atoms with Gasteiger partial charge in [0.2, 0.25) is 0 Å². The molecule has 38 heavy (non-hydrogen) atoms. The van der Waals surface area contributed by atoms with Crippen molar-refractivity contribution in [2.75, 3.05) is 0 Å². The molecule has 4 aromatic carbocycles. The second-order valence-corrected chi connectivity index (χ2v) is 10.4. The maximum absolute atomic E-state index is 13.7. The number of hydrazone groups is 1. The highest BCUT2D eigenvalue weighted by molar-refractivity contribution is 6.30. The van der Waals surface area contributed by atoms with Crippen molar-refractivity contribution in [3.05, 3.63) is 135 Å². The first-order chi connectivity index (χ1) is 18.6. The number of imide groups is 1. The summed E-state index contributed by atoms with van der Waals surface area (Å²) in [6.45, 7) is 0.397. The standard InChI is InChI=1S/C32H23ClN2O3/c33-21-14-12-19(13-15-21)18-38-22-7-5-6-20(16-22)17-34-35-31(36)29-27-23-8-1-2-9-24(23)28(30(29)32(35)37)26-11-4-3-10-25(26)27/h1-17,27-30H,18H2/b34-17-/t27?,28?,29-,30-/m1/s1. The molecular weight excluding hydrogens is 496 g/mol. The molecule has 5 nitrogen and oxygen atoms in total. The first-order valence-corrected chi connectivity index (χ1v) is 13.0. The van der Waals surface area contributed by atoms with E-state index in [1.807, 2.05) is 72.8 Å². The Morgan fingerprint density at radius 2 is 1.29 bits per heavy atom. The highest BCUT2D eigenvalue weighted by atomic mass is 35.5. The molecule has 1 fully saturated rings. The minimum absolute atomic E-state index is 0.140. The Hall–Kier alpha value is -4.22. The molecule has 186 valence electrons. The quantitative estimate of drug-likeness (QED) is 0.235. The van der Waals surface area contributed by atoms with Gasteiger partial charge in [0, 0.05) is 16.9 Å². The van der Waals surface area contributed by atoms with E-state index in [4.69, 9.17) is 16.3 Å². The molecule has 2 bridgehead atoms. The molecule has 0 radical (unpaired) electrons. The van der Waals surface area contributed by atoms with Gasteiger partial charge in [-0.15, -0.1) is 0 Å². The molecule has 0 spiro atoms. The summed E-state index contributed by atoms with van der Waals surface area (Å²) in [5, 5.41) is 6.18. The van der Waals surface area contributed by atoms with Gasteiger partial charge in [0.25, 0.3) is 11.8 Å². The first-order valence-electron chi connectivity index (χ1n) is 12.7. The van der Waals surface area contributed by atoms with Gasteiger partial charge >= 0.3 is 0 Å². The average molecular weight is 519 g/mol. The van der Waals surface area contributed by atoms with Gasteiger partial charge in [-0.25, -0.2) is 0 Å². The van der Waals surface area contributed by atoms with Crippen molar-refractivity contribution in [3.8, 4) is 5.75 Å². The summed E-state index contributed by atoms with van der Waals surface area (Å²) in [5.41, 5.74) is 6.33. The van der Waals surface area contributed by atoms with Crippen LogP contribution in [0, 0.1) is 11.8 Å². The second kappa shape index (κ2) is 8.96. The molecule has 6 heteroatoms. The lowest BCUT2D eigenvalue weighted by molar-refractivity contribution is -0.139. The summed E-state index contributed by atoms with van der Waals surface area (Å²) in [7, 11) is 0. The van der Waals surface area contributed by atoms with Crippen LogP contribution in [0.3, 0.4) is 0 Å². The zero-order chi connectivity index (χ0) is 25.8. The van der Waals surface area contributed by atoms with E-state index in [0.717, 1.165) is 38.4 Å². The number of rotatable bonds is 5. The number of ether oxygens (including phenoxy) is 1. The molecule has 0 unspecified atom stereocenters. The van der Waals surface area contributed by atoms with Crippen LogP contribution in [-0.4, -0.2) is 23.0 Å². The molecule has 0 saturated carbocycles. The zero-order valence-electron chi connectivity index (χ0n) is 20.3. The summed E-state index contributed by atoms with van der Waals surface area (Å²) in [6, 6.07) is 31.3. The zero-order valence-corrected chi connectivity index (χ0v) is 21.1. The summed E-state index contributed by atoms with van der Waals surface area (Å²) in [5.74, 6) is -0.958. The summed E-state index contributed by atoms with van der Waals surface area (Å²) < 4.78 is 5.92. The lowest BCUT2D eigenvalue weighted by Crippen LogP contribution is -2.41. The maximum Gasteiger partial charge on any atom is 0.254 e. The lowest BCUT2D eigenvalue weighted by Gasteiger charge is -2.45. The van der Waals surface area contributed by atoms with Crippen LogP contribution in [0.2, 0.25) is 5.02 Å². The Labute approximate surface area is 225 Å². The van der Waals surface area contributed by atoms with Crippen LogP contribution in [0.5, 0.6) is 5.75 Å². The van der Waals surface area contributed by atoms with Crippen LogP contribution < -0.4 is 4.74 Å². The van der Waals surface area contributed by atoms with Gasteiger partial charge in [-0.3, -0.25) is 9.59 Å². The molecule has 1 saturated heterocycles. The minimum Gasteiger partial charge on any atom is -0.489 e. The number of hydrogen-bond acceptors (Lipinski definition) is 4. The number of carbonyl (C=O) groups is 2. The van der Waals surface area contributed by atoms with Crippen LogP contribution in [0.15, 0.2) is 102 Å². The molecule has 0 aromatic heterocycles. The smallest absolute Gasteiger partial charge is 0.254 e. The van der Waals surface area contributed by atoms with E-state index < -0.39 is 11.8 Å². The Kier molecular flexibility index (Phi) is 5.41. The lowest BCUT2D eigenvalue weighted by atomic mass is 9.55. The van der Waals surface area contributed by atoms with Crippen molar-refractivity contribution in [2.24, 2.45) is 16.9 Å². The van der Waals surface area contributed by atoms with Crippen molar-refractivity contribution in [3.63, 3.8) is 0 Å². The normalized spacial score (nSPS) is 22.9. The number of hydrogen-bond donors (Lipinski definition) is 0. The summed E-state index contributed by atoms with van der Waals surface area (Å²) in [6.07, 6.45) is 1.56. The van der Waals surface area contributed by atoms with Crippen LogP contribution in [0.25, 0.3) is 0 Å². The molecule has 1 aliphatic heterocycles. The third kappa shape index (κ3) is 3.57. The molecule has 8 rings (SSSR count). The summed E-state index contributed by atoms with van der Waals surface area (Å²) >= 11 is 5.96. The number of benzene rings is 4.